The summed E-state index contributed by atoms with van der Waals surface area (Å²) in [4.78, 5) is 17.4. The summed E-state index contributed by atoms with van der Waals surface area (Å²) in [5.41, 5.74) is 0. The van der Waals surface area contributed by atoms with Crippen molar-refractivity contribution in [1.29, 1.82) is 0 Å². The normalized spacial score (nSPS) is 12.4. The zero-order valence-electron chi connectivity index (χ0n) is 11.7. The van der Waals surface area contributed by atoms with Gasteiger partial charge in [-0.25, -0.2) is 0 Å². The number of hydrogen-bond acceptors (Lipinski definition) is 1. The van der Waals surface area contributed by atoms with Crippen LogP contribution in [0.1, 0.15) is 71.1 Å². The monoisotopic (exact) mass is 276 g/mol. The van der Waals surface area contributed by atoms with Gasteiger partial charge in [-0.1, -0.05) is 57.6 Å². The average Bonchev–Trinajstić information content (AvgIpc) is 2.29. The molecular formula is C14H29O3P. The molecule has 0 aromatic heterocycles. The van der Waals surface area contributed by atoms with Gasteiger partial charge in [0.15, 0.2) is 0 Å². The summed E-state index contributed by atoms with van der Waals surface area (Å²) >= 11 is 0. The summed E-state index contributed by atoms with van der Waals surface area (Å²) < 4.78 is 10.6. The molecule has 0 aromatic carbocycles. The third kappa shape index (κ3) is 15.9. The van der Waals surface area contributed by atoms with Crippen molar-refractivity contribution in [1.82, 2.24) is 0 Å². The molecule has 0 saturated carbocycles. The van der Waals surface area contributed by atoms with E-state index in [2.05, 4.69) is 19.1 Å². The molecule has 0 bridgehead atoms. The third-order valence-corrected chi connectivity index (χ3v) is 3.86. The fraction of sp³-hybridized carbons (Fsp3) is 0.857. The van der Waals surface area contributed by atoms with Crippen molar-refractivity contribution >= 4 is 7.60 Å². The minimum atomic E-state index is -3.75. The van der Waals surface area contributed by atoms with Crippen LogP contribution in [0, 0.1) is 0 Å². The minimum Gasteiger partial charge on any atom is -0.324 e. The summed E-state index contributed by atoms with van der Waals surface area (Å²) in [5, 5.41) is 0. The summed E-state index contributed by atoms with van der Waals surface area (Å²) in [6.45, 7) is 2.21. The van der Waals surface area contributed by atoms with Crippen LogP contribution in [0.25, 0.3) is 0 Å². The fourth-order valence-corrected chi connectivity index (χ4v) is 2.48. The van der Waals surface area contributed by atoms with E-state index < -0.39 is 7.60 Å². The smallest absolute Gasteiger partial charge is 0.324 e. The molecular weight excluding hydrogens is 247 g/mol. The first-order valence-corrected chi connectivity index (χ1v) is 9.05. The topological polar surface area (TPSA) is 57.5 Å². The first-order valence-electron chi connectivity index (χ1n) is 7.26. The van der Waals surface area contributed by atoms with Crippen LogP contribution >= 0.6 is 7.60 Å². The van der Waals surface area contributed by atoms with Crippen molar-refractivity contribution in [3.63, 3.8) is 0 Å². The van der Waals surface area contributed by atoms with Gasteiger partial charge in [0.05, 0.1) is 0 Å². The molecule has 2 N–H and O–H groups in total. The highest BCUT2D eigenvalue weighted by molar-refractivity contribution is 7.51. The Morgan fingerprint density at radius 1 is 0.833 bits per heavy atom. The first kappa shape index (κ1) is 17.9. The van der Waals surface area contributed by atoms with Gasteiger partial charge in [-0.3, -0.25) is 4.57 Å². The Bertz CT molecular complexity index is 245. The van der Waals surface area contributed by atoms with E-state index in [-0.39, 0.29) is 6.16 Å². The quantitative estimate of drug-likeness (QED) is 0.310. The highest BCUT2D eigenvalue weighted by Gasteiger charge is 2.10. The molecule has 0 aromatic rings. The van der Waals surface area contributed by atoms with E-state index in [9.17, 15) is 4.57 Å². The molecule has 18 heavy (non-hydrogen) atoms. The van der Waals surface area contributed by atoms with Gasteiger partial charge < -0.3 is 9.79 Å². The lowest BCUT2D eigenvalue weighted by Gasteiger charge is -2.03. The van der Waals surface area contributed by atoms with Crippen LogP contribution in [0.3, 0.4) is 0 Å². The fourth-order valence-electron chi connectivity index (χ4n) is 1.84. The van der Waals surface area contributed by atoms with Crippen molar-refractivity contribution in [3.8, 4) is 0 Å². The Labute approximate surface area is 112 Å². The van der Waals surface area contributed by atoms with E-state index in [1.807, 2.05) is 0 Å². The van der Waals surface area contributed by atoms with Crippen LogP contribution in [0.5, 0.6) is 0 Å². The largest absolute Gasteiger partial charge is 0.325 e. The Morgan fingerprint density at radius 3 is 1.89 bits per heavy atom. The van der Waals surface area contributed by atoms with Crippen molar-refractivity contribution < 1.29 is 14.4 Å². The van der Waals surface area contributed by atoms with Gasteiger partial charge in [-0.15, -0.1) is 0 Å². The average molecular weight is 276 g/mol. The minimum absolute atomic E-state index is 0.0488. The number of unbranched alkanes of at least 4 members (excludes halogenated alkanes) is 8. The van der Waals surface area contributed by atoms with E-state index in [4.69, 9.17) is 9.79 Å². The second-order valence-corrected chi connectivity index (χ2v) is 6.69. The first-order chi connectivity index (χ1) is 8.56. The summed E-state index contributed by atoms with van der Waals surface area (Å²) in [6, 6.07) is 0. The predicted octanol–water partition coefficient (Wildman–Crippen LogP) is 4.64. The van der Waals surface area contributed by atoms with Gasteiger partial charge in [-0.05, 0) is 25.7 Å². The van der Waals surface area contributed by atoms with Crippen LogP contribution in [0.4, 0.5) is 0 Å². The lowest BCUT2D eigenvalue weighted by Crippen LogP contribution is -1.88. The van der Waals surface area contributed by atoms with Crippen molar-refractivity contribution in [3.05, 3.63) is 12.2 Å². The summed E-state index contributed by atoms with van der Waals surface area (Å²) in [7, 11) is -3.75. The van der Waals surface area contributed by atoms with Crippen molar-refractivity contribution in [2.45, 2.75) is 71.1 Å². The van der Waals surface area contributed by atoms with Crippen molar-refractivity contribution in [2.75, 3.05) is 6.16 Å². The Kier molecular flexibility index (Phi) is 11.9. The van der Waals surface area contributed by atoms with Crippen LogP contribution in [0.15, 0.2) is 12.2 Å². The molecule has 0 heterocycles. The third-order valence-electron chi connectivity index (χ3n) is 2.96. The van der Waals surface area contributed by atoms with E-state index in [1.165, 1.54) is 44.9 Å². The van der Waals surface area contributed by atoms with Gasteiger partial charge >= 0.3 is 7.60 Å². The van der Waals surface area contributed by atoms with E-state index in [0.29, 0.717) is 6.42 Å². The molecule has 0 aliphatic heterocycles. The second-order valence-electron chi connectivity index (χ2n) is 4.91. The lowest BCUT2D eigenvalue weighted by molar-refractivity contribution is 0.370. The maximum atomic E-state index is 10.6. The zero-order valence-corrected chi connectivity index (χ0v) is 12.6. The molecule has 4 heteroatoms. The second kappa shape index (κ2) is 12.0. The Balaban J connectivity index is 3.12. The molecule has 108 valence electrons. The summed E-state index contributed by atoms with van der Waals surface area (Å²) in [6.07, 6.45) is 15.9. The highest BCUT2D eigenvalue weighted by atomic mass is 31.2. The molecule has 0 unspecified atom stereocenters. The Hall–Kier alpha value is -0.110. The maximum absolute atomic E-state index is 10.6. The predicted molar refractivity (Wildman–Crippen MR) is 77.9 cm³/mol. The van der Waals surface area contributed by atoms with Gasteiger partial charge in [0.1, 0.15) is 0 Å². The molecule has 0 spiro atoms. The molecule has 3 nitrogen and oxygen atoms in total. The van der Waals surface area contributed by atoms with Crippen molar-refractivity contribution in [2.24, 2.45) is 0 Å². The molecule has 0 aliphatic rings. The van der Waals surface area contributed by atoms with Gasteiger partial charge in [0.2, 0.25) is 0 Å². The van der Waals surface area contributed by atoms with Gasteiger partial charge in [0, 0.05) is 6.16 Å². The zero-order chi connectivity index (χ0) is 13.7. The Morgan fingerprint density at radius 2 is 1.33 bits per heavy atom. The van der Waals surface area contributed by atoms with Crippen LogP contribution in [-0.2, 0) is 4.57 Å². The lowest BCUT2D eigenvalue weighted by atomic mass is 10.1. The maximum Gasteiger partial charge on any atom is 0.325 e. The molecule has 0 aliphatic carbocycles. The van der Waals surface area contributed by atoms with E-state index in [0.717, 1.165) is 12.8 Å². The highest BCUT2D eigenvalue weighted by Crippen LogP contribution is 2.35. The van der Waals surface area contributed by atoms with E-state index >= 15 is 0 Å². The van der Waals surface area contributed by atoms with Crippen LogP contribution < -0.4 is 0 Å². The molecule has 0 fully saturated rings. The van der Waals surface area contributed by atoms with Gasteiger partial charge in [-0.2, -0.15) is 0 Å². The SMILES string of the molecule is CCCC/C=C\CCCCCCCCP(=O)(O)O. The van der Waals surface area contributed by atoms with Crippen LogP contribution in [-0.4, -0.2) is 15.9 Å². The standard InChI is InChI=1S/C14H29O3P/c1-2-3-4-5-6-7-8-9-10-11-12-13-14-18(15,16)17/h5-6H,2-4,7-14H2,1H3,(H2,15,16,17)/b6-5-. The number of allylic oxidation sites excluding steroid dienone is 2. The van der Waals surface area contributed by atoms with E-state index in [1.54, 1.807) is 0 Å². The van der Waals surface area contributed by atoms with Crippen LogP contribution in [0.2, 0.25) is 0 Å². The summed E-state index contributed by atoms with van der Waals surface area (Å²) in [5.74, 6) is 0. The van der Waals surface area contributed by atoms with Gasteiger partial charge in [0.25, 0.3) is 0 Å². The molecule has 0 atom stereocenters. The number of hydrogen-bond donors (Lipinski definition) is 2. The number of rotatable bonds is 12. The molecule has 0 radical (unpaired) electrons. The molecule has 0 saturated heterocycles. The molecule has 0 amide bonds. The molecule has 0 rings (SSSR count).